The molecular weight excluding hydrogens is 292 g/mol. The molecule has 1 aromatic carbocycles. The van der Waals surface area contributed by atoms with E-state index in [0.717, 1.165) is 24.1 Å². The molecule has 0 bridgehead atoms. The van der Waals surface area contributed by atoms with Gasteiger partial charge < -0.3 is 16.2 Å². The number of nitrogens with one attached hydrogen (secondary N) is 1. The average molecular weight is 314 g/mol. The van der Waals surface area contributed by atoms with Gasteiger partial charge in [0.05, 0.1) is 12.6 Å². The molecule has 4 N–H and O–H groups in total. The first-order valence-corrected chi connectivity index (χ1v) is 8.03. The molecule has 6 heteroatoms. The summed E-state index contributed by atoms with van der Waals surface area (Å²) in [6, 6.07) is 7.68. The first-order valence-electron chi connectivity index (χ1n) is 8.03. The minimum absolute atomic E-state index is 0.00310. The molecule has 0 aliphatic heterocycles. The third-order valence-electron chi connectivity index (χ3n) is 4.35. The van der Waals surface area contributed by atoms with Crippen molar-refractivity contribution in [1.29, 1.82) is 0 Å². The van der Waals surface area contributed by atoms with Crippen molar-refractivity contribution in [3.05, 3.63) is 41.6 Å². The number of nitrogens with two attached hydrogens (primary N) is 1. The number of rotatable bonds is 5. The van der Waals surface area contributed by atoms with Crippen LogP contribution in [0.25, 0.3) is 0 Å². The number of aromatic nitrogens is 2. The van der Waals surface area contributed by atoms with Crippen molar-refractivity contribution in [3.8, 4) is 0 Å². The van der Waals surface area contributed by atoms with Crippen LogP contribution in [0.2, 0.25) is 0 Å². The molecule has 1 aromatic heterocycles. The Kier molecular flexibility index (Phi) is 4.62. The second-order valence-corrected chi connectivity index (χ2v) is 6.01. The second kappa shape index (κ2) is 6.83. The van der Waals surface area contributed by atoms with Crippen molar-refractivity contribution in [2.75, 3.05) is 5.32 Å². The lowest BCUT2D eigenvalue weighted by atomic mass is 9.96. The van der Waals surface area contributed by atoms with E-state index in [4.69, 9.17) is 10.8 Å². The summed E-state index contributed by atoms with van der Waals surface area (Å²) in [5, 5.41) is 16.8. The van der Waals surface area contributed by atoms with E-state index in [2.05, 4.69) is 10.4 Å². The fraction of sp³-hybridized carbons (Fsp3) is 0.412. The quantitative estimate of drug-likeness (QED) is 0.791. The molecule has 3 rings (SSSR count). The maximum atomic E-state index is 11.7. The van der Waals surface area contributed by atoms with E-state index in [0.29, 0.717) is 17.4 Å². The molecule has 1 aliphatic carbocycles. The van der Waals surface area contributed by atoms with Crippen LogP contribution in [0.15, 0.2) is 30.5 Å². The summed E-state index contributed by atoms with van der Waals surface area (Å²) in [5.41, 5.74) is 7.53. The smallest absolute Gasteiger partial charge is 0.254 e. The van der Waals surface area contributed by atoms with Gasteiger partial charge in [-0.2, -0.15) is 5.10 Å². The average Bonchev–Trinajstić information content (AvgIpc) is 3.00. The molecule has 1 saturated carbocycles. The number of hydrogen-bond acceptors (Lipinski definition) is 4. The molecule has 122 valence electrons. The Balaban J connectivity index is 1.84. The highest BCUT2D eigenvalue weighted by Crippen LogP contribution is 2.30. The Morgan fingerprint density at radius 3 is 2.57 bits per heavy atom. The van der Waals surface area contributed by atoms with Gasteiger partial charge in [-0.25, -0.2) is 0 Å². The van der Waals surface area contributed by atoms with Crippen LogP contribution in [-0.4, -0.2) is 20.8 Å². The predicted molar refractivity (Wildman–Crippen MR) is 88.5 cm³/mol. The topological polar surface area (TPSA) is 93.2 Å². The number of hydrogen-bond donors (Lipinski definition) is 3. The number of primary amides is 1. The summed E-state index contributed by atoms with van der Waals surface area (Å²) in [6.07, 6.45) is 7.59. The number of carbonyl (C=O) groups is 1. The molecule has 0 saturated heterocycles. The highest BCUT2D eigenvalue weighted by molar-refractivity contribution is 5.98. The highest BCUT2D eigenvalue weighted by atomic mass is 16.3. The van der Waals surface area contributed by atoms with Crippen molar-refractivity contribution in [1.82, 2.24) is 9.78 Å². The first kappa shape index (κ1) is 15.6. The lowest BCUT2D eigenvalue weighted by molar-refractivity contribution is 0.100. The zero-order valence-corrected chi connectivity index (χ0v) is 13.0. The molecule has 6 nitrogen and oxygen atoms in total. The van der Waals surface area contributed by atoms with Gasteiger partial charge in [-0.1, -0.05) is 31.4 Å². The fourth-order valence-corrected chi connectivity index (χ4v) is 3.03. The maximum absolute atomic E-state index is 11.7. The van der Waals surface area contributed by atoms with Crippen LogP contribution in [-0.2, 0) is 6.61 Å². The van der Waals surface area contributed by atoms with Gasteiger partial charge in [-0.3, -0.25) is 9.48 Å². The summed E-state index contributed by atoms with van der Waals surface area (Å²) in [5.74, 6) is 0.00126. The highest BCUT2D eigenvalue weighted by Gasteiger charge is 2.20. The summed E-state index contributed by atoms with van der Waals surface area (Å²) >= 11 is 0. The van der Waals surface area contributed by atoms with Crippen molar-refractivity contribution in [3.63, 3.8) is 0 Å². The van der Waals surface area contributed by atoms with Crippen LogP contribution < -0.4 is 11.1 Å². The van der Waals surface area contributed by atoms with Crippen molar-refractivity contribution >= 4 is 17.4 Å². The van der Waals surface area contributed by atoms with E-state index in [-0.39, 0.29) is 6.61 Å². The van der Waals surface area contributed by atoms with Crippen LogP contribution in [0.1, 0.15) is 54.1 Å². The lowest BCUT2D eigenvalue weighted by Crippen LogP contribution is -2.14. The number of benzene rings is 1. The number of anilines is 2. The van der Waals surface area contributed by atoms with Gasteiger partial charge >= 0.3 is 0 Å². The number of amides is 1. The van der Waals surface area contributed by atoms with Crippen LogP contribution >= 0.6 is 0 Å². The Hall–Kier alpha value is -2.34. The van der Waals surface area contributed by atoms with Crippen molar-refractivity contribution < 1.29 is 9.90 Å². The van der Waals surface area contributed by atoms with Crippen LogP contribution in [0.3, 0.4) is 0 Å². The van der Waals surface area contributed by atoms with E-state index in [1.54, 1.807) is 6.20 Å². The van der Waals surface area contributed by atoms with Crippen LogP contribution in [0.4, 0.5) is 11.5 Å². The van der Waals surface area contributed by atoms with Gasteiger partial charge in [0.15, 0.2) is 5.82 Å². The third-order valence-corrected chi connectivity index (χ3v) is 4.35. The molecule has 1 fully saturated rings. The lowest BCUT2D eigenvalue weighted by Gasteiger charge is -2.21. The number of nitrogens with zero attached hydrogens (tertiary/aromatic N) is 2. The summed E-state index contributed by atoms with van der Waals surface area (Å²) < 4.78 is 1.88. The Bertz CT molecular complexity index is 672. The molecule has 1 amide bonds. The fourth-order valence-electron chi connectivity index (χ4n) is 3.03. The molecule has 23 heavy (non-hydrogen) atoms. The SMILES string of the molecule is NC(=O)c1cn(C2CCCCC2)nc1Nc1ccc(CO)cc1. The molecule has 2 aromatic rings. The standard InChI is InChI=1S/C17H22N4O2/c18-16(23)15-10-21(14-4-2-1-3-5-14)20-17(15)19-13-8-6-12(11-22)7-9-13/h6-10,14,22H,1-5,11H2,(H2,18,23)(H,19,20). The molecule has 0 atom stereocenters. The predicted octanol–water partition coefficient (Wildman–Crippen LogP) is 2.72. The molecule has 1 aliphatic rings. The third kappa shape index (κ3) is 3.53. The van der Waals surface area contributed by atoms with E-state index in [1.165, 1.54) is 19.3 Å². The maximum Gasteiger partial charge on any atom is 0.254 e. The van der Waals surface area contributed by atoms with Gasteiger partial charge in [0.2, 0.25) is 0 Å². The minimum atomic E-state index is -0.485. The Labute approximate surface area is 135 Å². The van der Waals surface area contributed by atoms with Gasteiger partial charge in [0.25, 0.3) is 5.91 Å². The largest absolute Gasteiger partial charge is 0.392 e. The Morgan fingerprint density at radius 2 is 1.96 bits per heavy atom. The van der Waals surface area contributed by atoms with Gasteiger partial charge in [-0.15, -0.1) is 0 Å². The van der Waals surface area contributed by atoms with Gasteiger partial charge in [0.1, 0.15) is 5.56 Å². The number of aliphatic hydroxyl groups is 1. The van der Waals surface area contributed by atoms with Crippen LogP contribution in [0.5, 0.6) is 0 Å². The van der Waals surface area contributed by atoms with E-state index < -0.39 is 5.91 Å². The zero-order valence-electron chi connectivity index (χ0n) is 13.0. The second-order valence-electron chi connectivity index (χ2n) is 6.01. The zero-order chi connectivity index (χ0) is 16.2. The first-order chi connectivity index (χ1) is 11.2. The van der Waals surface area contributed by atoms with Crippen molar-refractivity contribution in [2.24, 2.45) is 5.73 Å². The molecule has 1 heterocycles. The number of carbonyl (C=O) groups excluding carboxylic acids is 1. The monoisotopic (exact) mass is 314 g/mol. The van der Waals surface area contributed by atoms with Crippen molar-refractivity contribution in [2.45, 2.75) is 44.8 Å². The van der Waals surface area contributed by atoms with E-state index in [9.17, 15) is 4.79 Å². The summed E-state index contributed by atoms with van der Waals surface area (Å²) in [6.45, 7) is 0.00310. The summed E-state index contributed by atoms with van der Waals surface area (Å²) in [4.78, 5) is 11.7. The molecule has 0 radical (unpaired) electrons. The van der Waals surface area contributed by atoms with E-state index >= 15 is 0 Å². The minimum Gasteiger partial charge on any atom is -0.392 e. The van der Waals surface area contributed by atoms with Gasteiger partial charge in [-0.05, 0) is 30.5 Å². The summed E-state index contributed by atoms with van der Waals surface area (Å²) in [7, 11) is 0. The normalized spacial score (nSPS) is 15.5. The number of aliphatic hydroxyl groups excluding tert-OH is 1. The Morgan fingerprint density at radius 1 is 1.26 bits per heavy atom. The molecular formula is C17H22N4O2. The van der Waals surface area contributed by atoms with Crippen LogP contribution in [0, 0.1) is 0 Å². The molecule has 0 unspecified atom stereocenters. The molecule has 0 spiro atoms. The van der Waals surface area contributed by atoms with E-state index in [1.807, 2.05) is 28.9 Å². The van der Waals surface area contributed by atoms with Gasteiger partial charge in [0, 0.05) is 11.9 Å².